The normalized spacial score (nSPS) is 12.1. The molecule has 0 bridgehead atoms. The maximum atomic E-state index is 12.9. The van der Waals surface area contributed by atoms with Crippen molar-refractivity contribution in [2.75, 3.05) is 23.9 Å². The van der Waals surface area contributed by atoms with E-state index in [4.69, 9.17) is 5.73 Å². The second-order valence-electron chi connectivity index (χ2n) is 5.80. The Kier molecular flexibility index (Phi) is 4.95. The molecule has 0 radical (unpaired) electrons. The van der Waals surface area contributed by atoms with Gasteiger partial charge in [0.2, 0.25) is 5.95 Å². The van der Waals surface area contributed by atoms with Crippen molar-refractivity contribution in [3.05, 3.63) is 35.2 Å². The third-order valence-corrected chi connectivity index (χ3v) is 4.89. The predicted molar refractivity (Wildman–Crippen MR) is 101 cm³/mol. The van der Waals surface area contributed by atoms with Gasteiger partial charge in [0.05, 0.1) is 17.1 Å². The molecule has 3 rings (SSSR count). The highest BCUT2D eigenvalue weighted by molar-refractivity contribution is 7.98. The molecule has 0 spiro atoms. The Labute approximate surface area is 154 Å². The van der Waals surface area contributed by atoms with Crippen LogP contribution >= 0.6 is 11.8 Å². The molecule has 0 saturated heterocycles. The average Bonchev–Trinajstić information content (AvgIpc) is 3.08. The number of H-pyrrole nitrogens is 1. The van der Waals surface area contributed by atoms with Crippen molar-refractivity contribution in [2.45, 2.75) is 24.7 Å². The Bertz CT molecular complexity index is 995. The number of nitrogens with two attached hydrogens (primary N) is 1. The zero-order chi connectivity index (χ0) is 18.8. The van der Waals surface area contributed by atoms with Gasteiger partial charge in [-0.15, -0.1) is 11.8 Å². The van der Waals surface area contributed by atoms with Crippen molar-refractivity contribution in [2.24, 2.45) is 0 Å². The van der Waals surface area contributed by atoms with E-state index in [2.05, 4.69) is 26.0 Å². The van der Waals surface area contributed by atoms with Crippen LogP contribution in [0.4, 0.5) is 16.2 Å². The number of nitrogens with one attached hydrogen (secondary N) is 1. The number of halogens is 1. The van der Waals surface area contributed by atoms with E-state index in [0.717, 1.165) is 11.0 Å². The number of aromatic amines is 1. The maximum Gasteiger partial charge on any atom is 0.223 e. The van der Waals surface area contributed by atoms with Gasteiger partial charge in [0, 0.05) is 7.05 Å². The van der Waals surface area contributed by atoms with E-state index in [1.165, 1.54) is 11.8 Å². The Morgan fingerprint density at radius 1 is 1.38 bits per heavy atom. The van der Waals surface area contributed by atoms with E-state index >= 15 is 0 Å². The van der Waals surface area contributed by atoms with Gasteiger partial charge in [-0.05, 0) is 30.9 Å². The minimum atomic E-state index is -0.525. The highest BCUT2D eigenvalue weighted by Crippen LogP contribution is 2.31. The van der Waals surface area contributed by atoms with Crippen molar-refractivity contribution in [1.29, 1.82) is 5.26 Å². The maximum absolute atomic E-state index is 12.9. The van der Waals surface area contributed by atoms with Crippen LogP contribution < -0.4 is 10.6 Å². The summed E-state index contributed by atoms with van der Waals surface area (Å²) in [6, 6.07) is 7.18. The molecule has 1 unspecified atom stereocenters. The number of hydrogen-bond acceptors (Lipinski definition) is 7. The van der Waals surface area contributed by atoms with Crippen molar-refractivity contribution >= 4 is 34.6 Å². The molecular weight excluding hydrogens is 353 g/mol. The third-order valence-electron chi connectivity index (χ3n) is 4.21. The van der Waals surface area contributed by atoms with Crippen LogP contribution in [0, 0.1) is 11.3 Å². The summed E-state index contributed by atoms with van der Waals surface area (Å²) in [6.45, 7) is 1.41. The third kappa shape index (κ3) is 3.15. The summed E-state index contributed by atoms with van der Waals surface area (Å²) in [4.78, 5) is 18.0. The lowest BCUT2D eigenvalue weighted by Crippen LogP contribution is -2.25. The number of anilines is 2. The fourth-order valence-electron chi connectivity index (χ4n) is 2.67. The van der Waals surface area contributed by atoms with Crippen LogP contribution in [0.3, 0.4) is 0 Å². The lowest BCUT2D eigenvalue weighted by molar-refractivity contribution is 0.485. The molecule has 134 valence electrons. The number of benzene rings is 1. The number of nitrogens with zero attached hydrogens (tertiary/aromatic N) is 5. The highest BCUT2D eigenvalue weighted by atomic mass is 32.2. The first-order valence-corrected chi connectivity index (χ1v) is 9.09. The van der Waals surface area contributed by atoms with Gasteiger partial charge >= 0.3 is 0 Å². The average molecular weight is 371 g/mol. The van der Waals surface area contributed by atoms with Crippen molar-refractivity contribution < 1.29 is 4.39 Å². The molecule has 2 aromatic heterocycles. The van der Waals surface area contributed by atoms with Crippen LogP contribution in [-0.2, 0) is 6.67 Å². The monoisotopic (exact) mass is 371 g/mol. The number of hydrogen-bond donors (Lipinski definition) is 2. The number of alkyl halides is 1. The van der Waals surface area contributed by atoms with Crippen LogP contribution in [0.25, 0.3) is 11.0 Å². The van der Waals surface area contributed by atoms with Crippen LogP contribution in [-0.4, -0.2) is 33.2 Å². The van der Waals surface area contributed by atoms with E-state index in [1.807, 2.05) is 25.1 Å². The molecule has 26 heavy (non-hydrogen) atoms. The number of imidazole rings is 1. The molecule has 1 atom stereocenters. The number of nitriles is 1. The predicted octanol–water partition coefficient (Wildman–Crippen LogP) is 3.20. The zero-order valence-corrected chi connectivity index (χ0v) is 15.4. The zero-order valence-electron chi connectivity index (χ0n) is 14.6. The fourth-order valence-corrected chi connectivity index (χ4v) is 3.20. The minimum Gasteiger partial charge on any atom is -0.368 e. The van der Waals surface area contributed by atoms with Gasteiger partial charge in [0.15, 0.2) is 5.82 Å². The molecule has 3 N–H and O–H groups in total. The van der Waals surface area contributed by atoms with E-state index in [1.54, 1.807) is 18.2 Å². The molecule has 0 aliphatic rings. The molecule has 0 fully saturated rings. The molecule has 0 aliphatic carbocycles. The van der Waals surface area contributed by atoms with Gasteiger partial charge in [0.1, 0.15) is 29.2 Å². The van der Waals surface area contributed by atoms with Crippen molar-refractivity contribution in [1.82, 2.24) is 19.9 Å². The molecule has 0 saturated carbocycles. The standard InChI is InChI=1S/C17H18FN7S/c1-9(14-21-12-5-4-10(7-18)6-13(12)22-14)25(2)15-11(8-19)16(26-3)24-17(20)23-15/h4-6,9H,7H2,1-3H3,(H,21,22)(H2,20,23,24). The van der Waals surface area contributed by atoms with Crippen LogP contribution in [0.2, 0.25) is 0 Å². The molecule has 0 aliphatic heterocycles. The highest BCUT2D eigenvalue weighted by Gasteiger charge is 2.23. The van der Waals surface area contributed by atoms with Crippen LogP contribution in [0.15, 0.2) is 23.2 Å². The number of fused-ring (bicyclic) bond motifs is 1. The first-order valence-electron chi connectivity index (χ1n) is 7.87. The summed E-state index contributed by atoms with van der Waals surface area (Å²) in [6.07, 6.45) is 1.83. The molecule has 3 aromatic rings. The number of rotatable bonds is 5. The lowest BCUT2D eigenvalue weighted by Gasteiger charge is -2.25. The van der Waals surface area contributed by atoms with E-state index < -0.39 is 6.67 Å². The van der Waals surface area contributed by atoms with Gasteiger partial charge in [-0.3, -0.25) is 0 Å². The van der Waals surface area contributed by atoms with Gasteiger partial charge in [-0.25, -0.2) is 14.4 Å². The summed E-state index contributed by atoms with van der Waals surface area (Å²) in [7, 11) is 1.82. The smallest absolute Gasteiger partial charge is 0.223 e. The van der Waals surface area contributed by atoms with Gasteiger partial charge in [-0.1, -0.05) is 6.07 Å². The molecular formula is C17H18FN7S. The summed E-state index contributed by atoms with van der Waals surface area (Å²) >= 11 is 1.34. The molecule has 7 nitrogen and oxygen atoms in total. The molecule has 1 aromatic carbocycles. The summed E-state index contributed by atoms with van der Waals surface area (Å²) in [5, 5.41) is 10.1. The summed E-state index contributed by atoms with van der Waals surface area (Å²) < 4.78 is 12.9. The Balaban J connectivity index is 2.01. The van der Waals surface area contributed by atoms with Crippen LogP contribution in [0.1, 0.15) is 29.9 Å². The minimum absolute atomic E-state index is 0.111. The molecule has 9 heteroatoms. The Morgan fingerprint density at radius 3 is 2.81 bits per heavy atom. The number of thioether (sulfide) groups is 1. The molecule has 2 heterocycles. The quantitative estimate of drug-likeness (QED) is 0.524. The van der Waals surface area contributed by atoms with Gasteiger partial charge in [0.25, 0.3) is 0 Å². The fraction of sp³-hybridized carbons (Fsp3) is 0.294. The first kappa shape index (κ1) is 17.9. The second kappa shape index (κ2) is 7.17. The summed E-state index contributed by atoms with van der Waals surface area (Å²) in [5.41, 5.74) is 8.28. The van der Waals surface area contributed by atoms with E-state index in [9.17, 15) is 9.65 Å². The second-order valence-corrected chi connectivity index (χ2v) is 6.59. The SMILES string of the molecule is CSc1nc(N)nc(N(C)C(C)c2nc3ccc(CF)cc3[nH]2)c1C#N. The summed E-state index contributed by atoms with van der Waals surface area (Å²) in [5.74, 6) is 1.24. The van der Waals surface area contributed by atoms with Gasteiger partial charge in [-0.2, -0.15) is 10.2 Å². The van der Waals surface area contributed by atoms with Crippen LogP contribution in [0.5, 0.6) is 0 Å². The lowest BCUT2D eigenvalue weighted by atomic mass is 10.2. The van der Waals surface area contributed by atoms with Crippen molar-refractivity contribution in [3.8, 4) is 6.07 Å². The van der Waals surface area contributed by atoms with E-state index in [0.29, 0.717) is 27.8 Å². The number of nitrogen functional groups attached to an aromatic ring is 1. The van der Waals surface area contributed by atoms with Crippen molar-refractivity contribution in [3.63, 3.8) is 0 Å². The molecule has 0 amide bonds. The first-order chi connectivity index (χ1) is 12.5. The topological polar surface area (TPSA) is 108 Å². The Morgan fingerprint density at radius 2 is 2.15 bits per heavy atom. The Hall–Kier alpha value is -2.86. The number of aromatic nitrogens is 4. The largest absolute Gasteiger partial charge is 0.368 e. The van der Waals surface area contributed by atoms with E-state index in [-0.39, 0.29) is 12.0 Å². The van der Waals surface area contributed by atoms with Gasteiger partial charge < -0.3 is 15.6 Å².